The molecule has 0 atom stereocenters. The van der Waals surface area contributed by atoms with E-state index in [1.54, 1.807) is 0 Å². The zero-order chi connectivity index (χ0) is 48.1. The van der Waals surface area contributed by atoms with Crippen LogP contribution in [-0.4, -0.2) is 19.2 Å². The summed E-state index contributed by atoms with van der Waals surface area (Å²) in [5.41, 5.74) is 14.9. The Labute approximate surface area is 410 Å². The van der Waals surface area contributed by atoms with Gasteiger partial charge < -0.3 is 4.74 Å². The van der Waals surface area contributed by atoms with Gasteiger partial charge in [-0.25, -0.2) is 4.98 Å². The van der Waals surface area contributed by atoms with Gasteiger partial charge >= 0.3 is 0 Å². The fraction of sp³-hybridized carbons (Fsp3) is 0.141. The van der Waals surface area contributed by atoms with Crippen LogP contribution in [0.1, 0.15) is 58.2 Å². The number of hydrogen-bond donors (Lipinski definition) is 0. The van der Waals surface area contributed by atoms with E-state index >= 15 is 0 Å². The van der Waals surface area contributed by atoms with Crippen molar-refractivity contribution in [2.24, 2.45) is 0 Å². The molecule has 6 heteroatoms. The van der Waals surface area contributed by atoms with Crippen LogP contribution in [0.3, 0.4) is 0 Å². The first-order chi connectivity index (χ1) is 33.9. The minimum Gasteiger partial charge on any atom is -0.458 e. The first-order valence-electron chi connectivity index (χ1n) is 24.1. The fourth-order valence-electron chi connectivity index (χ4n) is 9.53. The van der Waals surface area contributed by atoms with Crippen molar-refractivity contribution in [2.45, 2.75) is 59.3 Å². The Kier molecular flexibility index (Phi) is 11.1. The number of hydrogen-bond acceptors (Lipinski definition) is 3. The van der Waals surface area contributed by atoms with Crippen LogP contribution >= 0.6 is 0 Å². The van der Waals surface area contributed by atoms with Gasteiger partial charge in [0.15, 0.2) is 5.82 Å². The second kappa shape index (κ2) is 17.6. The molecular formula is C64H55N5O. The van der Waals surface area contributed by atoms with Gasteiger partial charge in [-0.2, -0.15) is 4.68 Å². The number of benzene rings is 8. The van der Waals surface area contributed by atoms with Gasteiger partial charge in [-0.3, -0.25) is 9.13 Å². The van der Waals surface area contributed by atoms with Crippen molar-refractivity contribution >= 4 is 21.8 Å². The lowest BCUT2D eigenvalue weighted by Gasteiger charge is -2.26. The van der Waals surface area contributed by atoms with Gasteiger partial charge in [0.1, 0.15) is 17.3 Å². The van der Waals surface area contributed by atoms with E-state index < -0.39 is 0 Å². The molecule has 0 saturated carbocycles. The third-order valence-corrected chi connectivity index (χ3v) is 13.3. The predicted octanol–water partition coefficient (Wildman–Crippen LogP) is 15.8. The van der Waals surface area contributed by atoms with E-state index in [4.69, 9.17) is 14.8 Å². The summed E-state index contributed by atoms with van der Waals surface area (Å²) in [6.07, 6.45) is 5.77. The van der Waals surface area contributed by atoms with Gasteiger partial charge in [0.25, 0.3) is 6.33 Å². The number of fused-ring (bicyclic) bond motifs is 3. The number of aromatic nitrogens is 5. The van der Waals surface area contributed by atoms with E-state index in [-0.39, 0.29) is 10.8 Å². The van der Waals surface area contributed by atoms with Crippen LogP contribution in [-0.2, 0) is 10.8 Å². The third-order valence-electron chi connectivity index (χ3n) is 13.3. The van der Waals surface area contributed by atoms with Crippen LogP contribution < -0.4 is 9.42 Å². The minimum atomic E-state index is -0.103. The van der Waals surface area contributed by atoms with Crippen LogP contribution in [0.4, 0.5) is 0 Å². The van der Waals surface area contributed by atoms with Crippen molar-refractivity contribution in [3.63, 3.8) is 0 Å². The standard InChI is InChI=1S/C64H55N5O/c1-43-35-60(65-41-57(43)46-25-15-10-16-26-46)69-58-32-18-17-29-55(58)56-34-33-52(40-59(56)69)70-51-28-19-27-50(39-51)67-42-68(66-62(67)47-36-48(63(2,3)4)38-49(37-47)64(5,6)7)61-53(44-21-11-8-12-22-44)30-20-31-54(61)45-23-13-9-14-24-45/h8-41H,1-7H3. The maximum atomic E-state index is 6.87. The normalized spacial score (nSPS) is 11.9. The molecule has 0 bridgehead atoms. The molecule has 0 radical (unpaired) electrons. The summed E-state index contributed by atoms with van der Waals surface area (Å²) in [5, 5.41) is 7.84. The van der Waals surface area contributed by atoms with Crippen molar-refractivity contribution in [2.75, 3.05) is 0 Å². The van der Waals surface area contributed by atoms with Crippen LogP contribution in [0.2, 0.25) is 0 Å². The van der Waals surface area contributed by atoms with E-state index in [0.717, 1.165) is 89.3 Å². The topological polar surface area (TPSA) is 48.8 Å². The van der Waals surface area contributed by atoms with E-state index in [0.29, 0.717) is 11.5 Å². The Bertz CT molecular complexity index is 3610. The molecule has 0 aliphatic heterocycles. The Balaban J connectivity index is 1.06. The molecule has 70 heavy (non-hydrogen) atoms. The summed E-state index contributed by atoms with van der Waals surface area (Å²) in [6.45, 7) is 15.8. The summed E-state index contributed by atoms with van der Waals surface area (Å²) in [4.78, 5) is 5.07. The SMILES string of the molecule is Cc1cc(-n2c3ccccc3c3ccc(Oc4cccc(-n5[c-][n+](-c6c(-c7ccccc7)cccc6-c6ccccc6)nc5-c5cc(C(C)(C)C)cc(C(C)(C)C)c5)c4)cc32)ncc1-c1ccccc1. The quantitative estimate of drug-likeness (QED) is 0.107. The molecular weight excluding hydrogens is 855 g/mol. The summed E-state index contributed by atoms with van der Waals surface area (Å²) in [7, 11) is 0. The molecule has 0 aliphatic carbocycles. The highest BCUT2D eigenvalue weighted by molar-refractivity contribution is 6.09. The van der Waals surface area contributed by atoms with Gasteiger partial charge in [0, 0.05) is 34.2 Å². The zero-order valence-electron chi connectivity index (χ0n) is 40.8. The van der Waals surface area contributed by atoms with Gasteiger partial charge in [0.2, 0.25) is 0 Å². The smallest absolute Gasteiger partial charge is 0.273 e. The number of para-hydroxylation sites is 2. The molecule has 11 rings (SSSR count). The molecule has 0 unspecified atom stereocenters. The first-order valence-corrected chi connectivity index (χ1v) is 24.1. The molecule has 3 aromatic heterocycles. The maximum Gasteiger partial charge on any atom is 0.273 e. The average Bonchev–Trinajstić information content (AvgIpc) is 3.96. The summed E-state index contributed by atoms with van der Waals surface area (Å²) in [6, 6.07) is 70.3. The van der Waals surface area contributed by atoms with E-state index in [1.807, 2.05) is 29.1 Å². The van der Waals surface area contributed by atoms with Gasteiger partial charge in [0.05, 0.1) is 22.4 Å². The minimum absolute atomic E-state index is 0.103. The largest absolute Gasteiger partial charge is 0.458 e. The lowest BCUT2D eigenvalue weighted by molar-refractivity contribution is -0.659. The summed E-state index contributed by atoms with van der Waals surface area (Å²) >= 11 is 0. The fourth-order valence-corrected chi connectivity index (χ4v) is 9.53. The molecule has 342 valence electrons. The van der Waals surface area contributed by atoms with E-state index in [2.05, 4.69) is 246 Å². The number of ether oxygens (including phenoxy) is 1. The van der Waals surface area contributed by atoms with E-state index in [1.165, 1.54) is 11.1 Å². The van der Waals surface area contributed by atoms with Crippen LogP contribution in [0.5, 0.6) is 11.5 Å². The molecule has 0 aliphatic rings. The third kappa shape index (κ3) is 8.36. The van der Waals surface area contributed by atoms with E-state index in [9.17, 15) is 0 Å². The molecule has 3 heterocycles. The lowest BCUT2D eigenvalue weighted by atomic mass is 9.79. The average molecular weight is 910 g/mol. The molecule has 11 aromatic rings. The first kappa shape index (κ1) is 44.2. The van der Waals surface area contributed by atoms with Crippen molar-refractivity contribution < 1.29 is 9.42 Å². The van der Waals surface area contributed by atoms with Crippen LogP contribution in [0.15, 0.2) is 206 Å². The predicted molar refractivity (Wildman–Crippen MR) is 286 cm³/mol. The number of rotatable bonds is 9. The highest BCUT2D eigenvalue weighted by atomic mass is 16.5. The number of pyridine rings is 1. The Morgan fingerprint density at radius 3 is 1.66 bits per heavy atom. The Hall–Kier alpha value is -8.35. The van der Waals surface area contributed by atoms with Crippen LogP contribution in [0.25, 0.3) is 83.8 Å². The van der Waals surface area contributed by atoms with Crippen molar-refractivity contribution in [3.8, 4) is 73.5 Å². The molecule has 0 saturated heterocycles. The van der Waals surface area contributed by atoms with Gasteiger partial charge in [-0.05, 0) is 98.7 Å². The lowest BCUT2D eigenvalue weighted by Crippen LogP contribution is -2.34. The zero-order valence-corrected chi connectivity index (χ0v) is 40.8. The maximum absolute atomic E-state index is 6.87. The molecule has 6 nitrogen and oxygen atoms in total. The van der Waals surface area contributed by atoms with Crippen molar-refractivity contribution in [3.05, 3.63) is 229 Å². The van der Waals surface area contributed by atoms with Crippen molar-refractivity contribution in [1.82, 2.24) is 19.2 Å². The van der Waals surface area contributed by atoms with Gasteiger partial charge in [-0.15, -0.1) is 5.10 Å². The van der Waals surface area contributed by atoms with Gasteiger partial charge in [-0.1, -0.05) is 199 Å². The number of aryl methyl sites for hydroxylation is 1. The molecule has 0 spiro atoms. The second-order valence-electron chi connectivity index (χ2n) is 20.3. The van der Waals surface area contributed by atoms with Crippen molar-refractivity contribution in [1.29, 1.82) is 0 Å². The second-order valence-corrected chi connectivity index (χ2v) is 20.3. The molecule has 0 fully saturated rings. The molecule has 0 amide bonds. The highest BCUT2D eigenvalue weighted by Crippen LogP contribution is 2.39. The highest BCUT2D eigenvalue weighted by Gasteiger charge is 2.26. The monoisotopic (exact) mass is 909 g/mol. The summed E-state index contributed by atoms with van der Waals surface area (Å²) < 4.78 is 13.1. The number of nitrogens with zero attached hydrogens (tertiary/aromatic N) is 5. The van der Waals surface area contributed by atoms with Crippen LogP contribution in [0, 0.1) is 13.3 Å². The molecule has 8 aromatic carbocycles. The summed E-state index contributed by atoms with van der Waals surface area (Å²) in [5.74, 6) is 3.03. The Morgan fingerprint density at radius 2 is 1.04 bits per heavy atom. The molecule has 0 N–H and O–H groups in total. The Morgan fingerprint density at radius 1 is 0.486 bits per heavy atom.